The van der Waals surface area contributed by atoms with Gasteiger partial charge in [-0.1, -0.05) is 57.2 Å². The van der Waals surface area contributed by atoms with E-state index in [1.807, 2.05) is 39.0 Å². The first-order valence-electron chi connectivity index (χ1n) is 11.9. The van der Waals surface area contributed by atoms with Gasteiger partial charge in [-0.3, -0.25) is 14.5 Å². The molecular formula is C26H38N2O3. The van der Waals surface area contributed by atoms with Crippen molar-refractivity contribution in [3.05, 3.63) is 40.6 Å². The van der Waals surface area contributed by atoms with Gasteiger partial charge >= 0.3 is 0 Å². The lowest BCUT2D eigenvalue weighted by Gasteiger charge is -2.37. The Morgan fingerprint density at radius 2 is 1.55 bits per heavy atom. The number of rotatable bonds is 9. The molecule has 0 spiro atoms. The highest BCUT2D eigenvalue weighted by molar-refractivity contribution is 6.35. The summed E-state index contributed by atoms with van der Waals surface area (Å²) in [6, 6.07) is 6.05. The molecule has 2 heterocycles. The molecule has 1 aromatic carbocycles. The zero-order chi connectivity index (χ0) is 22.5. The van der Waals surface area contributed by atoms with E-state index in [1.165, 1.54) is 29.7 Å². The second kappa shape index (κ2) is 10.4. The maximum absolute atomic E-state index is 13.5. The van der Waals surface area contributed by atoms with Crippen LogP contribution >= 0.6 is 0 Å². The van der Waals surface area contributed by atoms with Crippen LogP contribution in [0.4, 0.5) is 0 Å². The van der Waals surface area contributed by atoms with Crippen molar-refractivity contribution >= 4 is 17.4 Å². The molecule has 2 aliphatic heterocycles. The molecule has 0 aliphatic carbocycles. The van der Waals surface area contributed by atoms with Crippen LogP contribution in [0.1, 0.15) is 76.0 Å². The van der Waals surface area contributed by atoms with E-state index >= 15 is 0 Å². The molecule has 0 radical (unpaired) electrons. The molecule has 2 aliphatic rings. The normalized spacial score (nSPS) is 22.1. The molecule has 0 N–H and O–H groups in total. The van der Waals surface area contributed by atoms with Crippen molar-refractivity contribution < 1.29 is 14.3 Å². The number of nitrogens with zero attached hydrogens (tertiary/aromatic N) is 2. The molecular weight excluding hydrogens is 388 g/mol. The summed E-state index contributed by atoms with van der Waals surface area (Å²) in [4.78, 5) is 30.5. The SMILES string of the molecule is CCCCCCCCN1C(=O)C(c2ccc(C)c(C)c2)=C(N2CC(C)OC(C)C2)C1=O. The van der Waals surface area contributed by atoms with Crippen LogP contribution in [-0.2, 0) is 14.3 Å². The average Bonchev–Trinajstić information content (AvgIpc) is 2.96. The highest BCUT2D eigenvalue weighted by Crippen LogP contribution is 2.34. The van der Waals surface area contributed by atoms with Crippen LogP contribution < -0.4 is 0 Å². The van der Waals surface area contributed by atoms with Gasteiger partial charge in [0.2, 0.25) is 0 Å². The van der Waals surface area contributed by atoms with E-state index in [-0.39, 0.29) is 24.0 Å². The lowest BCUT2D eigenvalue weighted by molar-refractivity contribution is -0.138. The van der Waals surface area contributed by atoms with Crippen LogP contribution in [0.3, 0.4) is 0 Å². The van der Waals surface area contributed by atoms with Crippen LogP contribution in [-0.4, -0.2) is 53.5 Å². The highest BCUT2D eigenvalue weighted by atomic mass is 16.5. The molecule has 5 nitrogen and oxygen atoms in total. The van der Waals surface area contributed by atoms with Gasteiger partial charge in [0.1, 0.15) is 5.70 Å². The summed E-state index contributed by atoms with van der Waals surface area (Å²) in [6.07, 6.45) is 6.80. The molecule has 0 bridgehead atoms. The fourth-order valence-electron chi connectivity index (χ4n) is 4.63. The zero-order valence-corrected chi connectivity index (χ0v) is 19.9. The van der Waals surface area contributed by atoms with Gasteiger partial charge in [-0.15, -0.1) is 0 Å². The molecule has 5 heteroatoms. The predicted octanol–water partition coefficient (Wildman–Crippen LogP) is 4.85. The number of hydrogen-bond donors (Lipinski definition) is 0. The van der Waals surface area contributed by atoms with E-state index in [2.05, 4.69) is 18.7 Å². The Kier molecular flexibility index (Phi) is 7.93. The van der Waals surface area contributed by atoms with Crippen LogP contribution in [0.2, 0.25) is 0 Å². The molecule has 1 fully saturated rings. The standard InChI is InChI=1S/C26H38N2O3/c1-6-7-8-9-10-11-14-28-25(29)23(22-13-12-18(2)19(3)15-22)24(26(28)30)27-16-20(4)31-21(5)17-27/h12-13,15,20-21H,6-11,14,16-17H2,1-5H3. The fraction of sp³-hybridized carbons (Fsp3) is 0.615. The number of ether oxygens (including phenoxy) is 1. The number of benzene rings is 1. The van der Waals surface area contributed by atoms with Crippen molar-refractivity contribution in [2.24, 2.45) is 0 Å². The lowest BCUT2D eigenvalue weighted by Crippen LogP contribution is -2.47. The van der Waals surface area contributed by atoms with Crippen molar-refractivity contribution in [1.29, 1.82) is 0 Å². The van der Waals surface area contributed by atoms with Crippen LogP contribution in [0.25, 0.3) is 5.57 Å². The van der Waals surface area contributed by atoms with Crippen molar-refractivity contribution in [2.75, 3.05) is 19.6 Å². The number of carbonyl (C=O) groups is 2. The molecule has 3 rings (SSSR count). The molecule has 31 heavy (non-hydrogen) atoms. The number of hydrogen-bond acceptors (Lipinski definition) is 4. The summed E-state index contributed by atoms with van der Waals surface area (Å²) < 4.78 is 5.88. The third-order valence-corrected chi connectivity index (χ3v) is 6.41. The first-order valence-corrected chi connectivity index (χ1v) is 11.9. The van der Waals surface area contributed by atoms with Crippen LogP contribution in [0.15, 0.2) is 23.9 Å². The highest BCUT2D eigenvalue weighted by Gasteiger charge is 2.42. The monoisotopic (exact) mass is 426 g/mol. The van der Waals surface area contributed by atoms with E-state index in [0.29, 0.717) is 30.9 Å². The Hall–Kier alpha value is -2.14. The van der Waals surface area contributed by atoms with Gasteiger partial charge in [0.25, 0.3) is 11.8 Å². The van der Waals surface area contributed by atoms with Gasteiger partial charge in [-0.25, -0.2) is 0 Å². The predicted molar refractivity (Wildman–Crippen MR) is 125 cm³/mol. The average molecular weight is 427 g/mol. The second-order valence-electron chi connectivity index (χ2n) is 9.21. The van der Waals surface area contributed by atoms with E-state index < -0.39 is 0 Å². The van der Waals surface area contributed by atoms with Gasteiger partial charge in [0.15, 0.2) is 0 Å². The van der Waals surface area contributed by atoms with Gasteiger partial charge in [-0.05, 0) is 50.8 Å². The molecule has 1 saturated heterocycles. The molecule has 2 amide bonds. The Morgan fingerprint density at radius 3 is 2.19 bits per heavy atom. The first kappa shape index (κ1) is 23.5. The van der Waals surface area contributed by atoms with Crippen LogP contribution in [0.5, 0.6) is 0 Å². The topological polar surface area (TPSA) is 49.9 Å². The zero-order valence-electron chi connectivity index (χ0n) is 19.9. The van der Waals surface area contributed by atoms with Gasteiger partial charge in [0.05, 0.1) is 17.8 Å². The molecule has 2 unspecified atom stereocenters. The molecule has 2 atom stereocenters. The Bertz CT molecular complexity index is 835. The largest absolute Gasteiger partial charge is 0.372 e. The summed E-state index contributed by atoms with van der Waals surface area (Å²) in [5.74, 6) is -0.295. The summed E-state index contributed by atoms with van der Waals surface area (Å²) in [5.41, 5.74) is 4.26. The summed E-state index contributed by atoms with van der Waals surface area (Å²) in [6.45, 7) is 12.1. The minimum absolute atomic E-state index is 0.0211. The van der Waals surface area contributed by atoms with Crippen LogP contribution in [0, 0.1) is 13.8 Å². The third kappa shape index (κ3) is 5.38. The molecule has 0 aromatic heterocycles. The Balaban J connectivity index is 1.87. The van der Waals surface area contributed by atoms with Gasteiger partial charge in [-0.2, -0.15) is 0 Å². The number of aryl methyl sites for hydroxylation is 2. The quantitative estimate of drug-likeness (QED) is 0.418. The second-order valence-corrected chi connectivity index (χ2v) is 9.21. The third-order valence-electron chi connectivity index (χ3n) is 6.41. The van der Waals surface area contributed by atoms with E-state index in [1.54, 1.807) is 0 Å². The number of unbranched alkanes of at least 4 members (excludes halogenated alkanes) is 5. The number of imide groups is 1. The minimum Gasteiger partial charge on any atom is -0.372 e. The Labute approximate surface area is 187 Å². The van der Waals surface area contributed by atoms with Crippen molar-refractivity contribution in [3.63, 3.8) is 0 Å². The summed E-state index contributed by atoms with van der Waals surface area (Å²) in [5, 5.41) is 0. The van der Waals surface area contributed by atoms with E-state index in [9.17, 15) is 9.59 Å². The smallest absolute Gasteiger partial charge is 0.277 e. The van der Waals surface area contributed by atoms with Gasteiger partial charge in [0, 0.05) is 19.6 Å². The molecule has 170 valence electrons. The van der Waals surface area contributed by atoms with Gasteiger partial charge < -0.3 is 9.64 Å². The summed E-state index contributed by atoms with van der Waals surface area (Å²) in [7, 11) is 0. The molecule has 1 aromatic rings. The lowest BCUT2D eigenvalue weighted by atomic mass is 9.99. The first-order chi connectivity index (χ1) is 14.8. The number of morpholine rings is 1. The number of amides is 2. The maximum Gasteiger partial charge on any atom is 0.277 e. The van der Waals surface area contributed by atoms with E-state index in [0.717, 1.165) is 30.4 Å². The maximum atomic E-state index is 13.5. The van der Waals surface area contributed by atoms with E-state index in [4.69, 9.17) is 4.74 Å². The van der Waals surface area contributed by atoms with Crippen molar-refractivity contribution in [1.82, 2.24) is 9.80 Å². The summed E-state index contributed by atoms with van der Waals surface area (Å²) >= 11 is 0. The Morgan fingerprint density at radius 1 is 0.903 bits per heavy atom. The minimum atomic E-state index is -0.149. The molecule has 0 saturated carbocycles. The van der Waals surface area contributed by atoms with Crippen molar-refractivity contribution in [3.8, 4) is 0 Å². The fourth-order valence-corrected chi connectivity index (χ4v) is 4.63. The number of carbonyl (C=O) groups excluding carboxylic acids is 2. The van der Waals surface area contributed by atoms with Crippen molar-refractivity contribution in [2.45, 2.75) is 85.4 Å².